The molecule has 15 heavy (non-hydrogen) atoms. The molecule has 0 atom stereocenters. The molecule has 0 radical (unpaired) electrons. The Balaban J connectivity index is 3.00. The van der Waals surface area contributed by atoms with E-state index in [0.717, 1.165) is 5.56 Å². The summed E-state index contributed by atoms with van der Waals surface area (Å²) in [6, 6.07) is 7.99. The predicted molar refractivity (Wildman–Crippen MR) is 63.3 cm³/mol. The minimum Gasteiger partial charge on any atom is -0.468 e. The van der Waals surface area contributed by atoms with E-state index in [1.54, 1.807) is 11.8 Å². The van der Waals surface area contributed by atoms with Crippen LogP contribution in [0.15, 0.2) is 29.2 Å². The zero-order chi connectivity index (χ0) is 11.5. The molecule has 0 saturated heterocycles. The highest BCUT2D eigenvalue weighted by Gasteiger charge is 2.30. The van der Waals surface area contributed by atoms with Crippen molar-refractivity contribution in [2.24, 2.45) is 0 Å². The van der Waals surface area contributed by atoms with Crippen LogP contribution in [0.1, 0.15) is 19.4 Å². The average Bonchev–Trinajstić information content (AvgIpc) is 2.28. The number of carbonyl (C=O) groups excluding carboxylic acids is 1. The Bertz CT molecular complexity index is 341. The third-order valence-electron chi connectivity index (χ3n) is 2.51. The van der Waals surface area contributed by atoms with Crippen molar-refractivity contribution in [2.75, 3.05) is 13.4 Å². The molecule has 0 bridgehead atoms. The fourth-order valence-electron chi connectivity index (χ4n) is 1.38. The molecule has 0 aromatic heterocycles. The first kappa shape index (κ1) is 12.1. The van der Waals surface area contributed by atoms with E-state index in [-0.39, 0.29) is 5.97 Å². The van der Waals surface area contributed by atoms with Gasteiger partial charge in [0.2, 0.25) is 0 Å². The number of rotatable bonds is 3. The summed E-state index contributed by atoms with van der Waals surface area (Å²) in [6.07, 6.45) is 2.03. The first-order valence-electron chi connectivity index (χ1n) is 4.75. The van der Waals surface area contributed by atoms with Gasteiger partial charge in [0.05, 0.1) is 12.5 Å². The normalized spacial score (nSPS) is 11.2. The first-order valence-corrected chi connectivity index (χ1v) is 5.97. The van der Waals surface area contributed by atoms with Gasteiger partial charge in [-0.15, -0.1) is 11.8 Å². The maximum absolute atomic E-state index is 11.6. The summed E-state index contributed by atoms with van der Waals surface area (Å²) in [5.74, 6) is -0.209. The lowest BCUT2D eigenvalue weighted by atomic mass is 9.85. The lowest BCUT2D eigenvalue weighted by Crippen LogP contribution is -2.30. The van der Waals surface area contributed by atoms with Crippen molar-refractivity contribution in [3.05, 3.63) is 29.8 Å². The molecule has 0 heterocycles. The highest BCUT2D eigenvalue weighted by atomic mass is 32.2. The van der Waals surface area contributed by atoms with E-state index in [0.29, 0.717) is 0 Å². The highest BCUT2D eigenvalue weighted by Crippen LogP contribution is 2.26. The van der Waals surface area contributed by atoms with E-state index in [1.807, 2.05) is 44.4 Å². The van der Waals surface area contributed by atoms with Crippen LogP contribution in [0, 0.1) is 0 Å². The first-order chi connectivity index (χ1) is 7.02. The van der Waals surface area contributed by atoms with Crippen LogP contribution in [0.4, 0.5) is 0 Å². The van der Waals surface area contributed by atoms with Crippen LogP contribution in [0.25, 0.3) is 0 Å². The summed E-state index contributed by atoms with van der Waals surface area (Å²) in [7, 11) is 1.42. The molecule has 0 amide bonds. The lowest BCUT2D eigenvalue weighted by molar-refractivity contribution is -0.146. The Morgan fingerprint density at radius 1 is 1.27 bits per heavy atom. The highest BCUT2D eigenvalue weighted by molar-refractivity contribution is 7.98. The van der Waals surface area contributed by atoms with Crippen LogP contribution in [-0.4, -0.2) is 19.3 Å². The Morgan fingerprint density at radius 3 is 2.20 bits per heavy atom. The van der Waals surface area contributed by atoms with Gasteiger partial charge in [0.25, 0.3) is 0 Å². The van der Waals surface area contributed by atoms with Gasteiger partial charge in [-0.1, -0.05) is 12.1 Å². The maximum atomic E-state index is 11.6. The van der Waals surface area contributed by atoms with Crippen molar-refractivity contribution in [3.8, 4) is 0 Å². The molecule has 82 valence electrons. The summed E-state index contributed by atoms with van der Waals surface area (Å²) in [6.45, 7) is 3.74. The van der Waals surface area contributed by atoms with Gasteiger partial charge >= 0.3 is 5.97 Å². The number of hydrogen-bond donors (Lipinski definition) is 0. The minimum absolute atomic E-state index is 0.209. The molecule has 0 aliphatic heterocycles. The largest absolute Gasteiger partial charge is 0.468 e. The molecule has 0 aliphatic carbocycles. The van der Waals surface area contributed by atoms with Crippen molar-refractivity contribution in [1.29, 1.82) is 0 Å². The Labute approximate surface area is 95.0 Å². The van der Waals surface area contributed by atoms with Crippen LogP contribution in [0.2, 0.25) is 0 Å². The molecule has 0 aliphatic rings. The number of thioether (sulfide) groups is 1. The van der Waals surface area contributed by atoms with Crippen LogP contribution < -0.4 is 0 Å². The summed E-state index contributed by atoms with van der Waals surface area (Å²) in [5, 5.41) is 0. The number of methoxy groups -OCH3 is 1. The number of benzene rings is 1. The predicted octanol–water partition coefficient (Wildman–Crippen LogP) is 2.86. The molecular weight excluding hydrogens is 208 g/mol. The van der Waals surface area contributed by atoms with Crippen molar-refractivity contribution >= 4 is 17.7 Å². The van der Waals surface area contributed by atoms with E-state index in [1.165, 1.54) is 12.0 Å². The van der Waals surface area contributed by atoms with E-state index >= 15 is 0 Å². The van der Waals surface area contributed by atoms with E-state index in [9.17, 15) is 4.79 Å². The van der Waals surface area contributed by atoms with Crippen molar-refractivity contribution in [1.82, 2.24) is 0 Å². The second-order valence-electron chi connectivity index (χ2n) is 3.85. The van der Waals surface area contributed by atoms with Gasteiger partial charge in [0.1, 0.15) is 0 Å². The van der Waals surface area contributed by atoms with Gasteiger partial charge in [-0.05, 0) is 37.8 Å². The second-order valence-corrected chi connectivity index (χ2v) is 4.72. The van der Waals surface area contributed by atoms with Gasteiger partial charge in [-0.25, -0.2) is 0 Å². The molecular formula is C12H16O2S. The van der Waals surface area contributed by atoms with Crippen LogP contribution in [-0.2, 0) is 14.9 Å². The fraction of sp³-hybridized carbons (Fsp3) is 0.417. The lowest BCUT2D eigenvalue weighted by Gasteiger charge is -2.22. The molecule has 0 fully saturated rings. The van der Waals surface area contributed by atoms with Crippen LogP contribution in [0.5, 0.6) is 0 Å². The summed E-state index contributed by atoms with van der Waals surface area (Å²) >= 11 is 1.69. The smallest absolute Gasteiger partial charge is 0.315 e. The summed E-state index contributed by atoms with van der Waals surface area (Å²) < 4.78 is 4.78. The topological polar surface area (TPSA) is 26.3 Å². The molecule has 1 aromatic rings. The zero-order valence-corrected chi connectivity index (χ0v) is 10.4. The average molecular weight is 224 g/mol. The second kappa shape index (κ2) is 4.71. The van der Waals surface area contributed by atoms with Crippen molar-refractivity contribution in [2.45, 2.75) is 24.2 Å². The third-order valence-corrected chi connectivity index (χ3v) is 3.25. The zero-order valence-electron chi connectivity index (χ0n) is 9.53. The standard InChI is InChI=1S/C12H16O2S/c1-12(2,11(13)14-3)9-5-7-10(15-4)8-6-9/h5-8H,1-4H3. The van der Waals surface area contributed by atoms with Crippen LogP contribution in [0.3, 0.4) is 0 Å². The van der Waals surface area contributed by atoms with Gasteiger partial charge in [-0.3, -0.25) is 4.79 Å². The Hall–Kier alpha value is -0.960. The molecule has 3 heteroatoms. The maximum Gasteiger partial charge on any atom is 0.315 e. The minimum atomic E-state index is -0.578. The molecule has 2 nitrogen and oxygen atoms in total. The van der Waals surface area contributed by atoms with Gasteiger partial charge in [0, 0.05) is 4.90 Å². The fourth-order valence-corrected chi connectivity index (χ4v) is 1.79. The van der Waals surface area contributed by atoms with E-state index in [4.69, 9.17) is 4.74 Å². The molecule has 0 unspecified atom stereocenters. The number of ether oxygens (including phenoxy) is 1. The van der Waals surface area contributed by atoms with Crippen molar-refractivity contribution in [3.63, 3.8) is 0 Å². The SMILES string of the molecule is COC(=O)C(C)(C)c1ccc(SC)cc1. The third kappa shape index (κ3) is 2.53. The monoisotopic (exact) mass is 224 g/mol. The van der Waals surface area contributed by atoms with Gasteiger partial charge in [0.15, 0.2) is 0 Å². The molecule has 0 N–H and O–H groups in total. The summed E-state index contributed by atoms with van der Waals surface area (Å²) in [4.78, 5) is 12.8. The molecule has 1 aromatic carbocycles. The number of esters is 1. The Morgan fingerprint density at radius 2 is 1.80 bits per heavy atom. The Kier molecular flexibility index (Phi) is 3.80. The van der Waals surface area contributed by atoms with Crippen LogP contribution >= 0.6 is 11.8 Å². The van der Waals surface area contributed by atoms with E-state index in [2.05, 4.69) is 0 Å². The molecule has 0 spiro atoms. The number of hydrogen-bond acceptors (Lipinski definition) is 3. The van der Waals surface area contributed by atoms with Gasteiger partial charge in [-0.2, -0.15) is 0 Å². The summed E-state index contributed by atoms with van der Waals surface area (Å²) in [5.41, 5.74) is 0.401. The molecule has 0 saturated carbocycles. The van der Waals surface area contributed by atoms with E-state index < -0.39 is 5.41 Å². The molecule has 1 rings (SSSR count). The van der Waals surface area contributed by atoms with Gasteiger partial charge < -0.3 is 4.74 Å². The quantitative estimate of drug-likeness (QED) is 0.583. The van der Waals surface area contributed by atoms with Crippen molar-refractivity contribution < 1.29 is 9.53 Å². The number of carbonyl (C=O) groups is 1.